The topological polar surface area (TPSA) is 89.8 Å². The maximum Gasteiger partial charge on any atom is 0.335 e. The molecule has 5 nitrogen and oxygen atoms in total. The molecule has 0 aromatic heterocycles. The van der Waals surface area contributed by atoms with E-state index in [-0.39, 0.29) is 23.1 Å². The van der Waals surface area contributed by atoms with Gasteiger partial charge in [0.15, 0.2) is 0 Å². The zero-order valence-electron chi connectivity index (χ0n) is 11.8. The number of carboxylic acids is 1. The van der Waals surface area contributed by atoms with E-state index in [9.17, 15) is 15.0 Å². The van der Waals surface area contributed by atoms with Gasteiger partial charge < -0.3 is 20.6 Å². The highest BCUT2D eigenvalue weighted by Gasteiger charge is 2.13. The highest BCUT2D eigenvalue weighted by Crippen LogP contribution is 2.31. The van der Waals surface area contributed by atoms with Gasteiger partial charge in [-0.15, -0.1) is 0 Å². The lowest BCUT2D eigenvalue weighted by atomic mass is 10.0. The van der Waals surface area contributed by atoms with Crippen molar-refractivity contribution in [3.8, 4) is 11.5 Å². The van der Waals surface area contributed by atoms with Crippen molar-refractivity contribution in [2.75, 3.05) is 5.32 Å². The standard InChI is InChI=1S/C16H17NO4/c1-9-7-11(16(20)21)3-5-14(9)17-10(2)13-8-12(18)4-6-15(13)19/h3-8,10,17-19H,1-2H3,(H,20,21). The number of anilines is 1. The van der Waals surface area contributed by atoms with Crippen LogP contribution in [0.2, 0.25) is 0 Å². The number of hydrogen-bond donors (Lipinski definition) is 4. The molecule has 2 aromatic rings. The molecule has 110 valence electrons. The number of carboxylic acid groups (broad SMARTS) is 1. The van der Waals surface area contributed by atoms with Gasteiger partial charge in [-0.25, -0.2) is 4.79 Å². The van der Waals surface area contributed by atoms with Crippen LogP contribution in [0.25, 0.3) is 0 Å². The molecule has 0 fully saturated rings. The van der Waals surface area contributed by atoms with Crippen LogP contribution in [0.15, 0.2) is 36.4 Å². The first-order chi connectivity index (χ1) is 9.88. The van der Waals surface area contributed by atoms with Gasteiger partial charge in [0.05, 0.1) is 11.6 Å². The van der Waals surface area contributed by atoms with Gasteiger partial charge in [0.1, 0.15) is 11.5 Å². The van der Waals surface area contributed by atoms with Gasteiger partial charge in [0.2, 0.25) is 0 Å². The van der Waals surface area contributed by atoms with Gasteiger partial charge in [-0.05, 0) is 55.8 Å². The Morgan fingerprint density at radius 2 is 1.86 bits per heavy atom. The van der Waals surface area contributed by atoms with Crippen LogP contribution < -0.4 is 5.32 Å². The summed E-state index contributed by atoms with van der Waals surface area (Å²) in [6.07, 6.45) is 0. The fourth-order valence-corrected chi connectivity index (χ4v) is 2.16. The van der Waals surface area contributed by atoms with Crippen molar-refractivity contribution in [3.05, 3.63) is 53.1 Å². The van der Waals surface area contributed by atoms with E-state index in [1.807, 2.05) is 13.8 Å². The number of nitrogens with one attached hydrogen (secondary N) is 1. The van der Waals surface area contributed by atoms with Crippen molar-refractivity contribution in [2.45, 2.75) is 19.9 Å². The van der Waals surface area contributed by atoms with Crippen LogP contribution in [0, 0.1) is 6.92 Å². The first-order valence-corrected chi connectivity index (χ1v) is 6.51. The third kappa shape index (κ3) is 3.25. The average Bonchev–Trinajstić information content (AvgIpc) is 2.43. The van der Waals surface area contributed by atoms with E-state index >= 15 is 0 Å². The summed E-state index contributed by atoms with van der Waals surface area (Å²) in [5.74, 6) is -0.801. The quantitative estimate of drug-likeness (QED) is 0.648. The average molecular weight is 287 g/mol. The molecule has 21 heavy (non-hydrogen) atoms. The van der Waals surface area contributed by atoms with Gasteiger partial charge in [-0.3, -0.25) is 0 Å². The Labute approximate surface area is 122 Å². The minimum Gasteiger partial charge on any atom is -0.508 e. The molecule has 2 rings (SSSR count). The summed E-state index contributed by atoms with van der Waals surface area (Å²) in [7, 11) is 0. The van der Waals surface area contributed by atoms with Gasteiger partial charge in [-0.1, -0.05) is 0 Å². The Morgan fingerprint density at radius 3 is 2.48 bits per heavy atom. The minimum atomic E-state index is -0.969. The van der Waals surface area contributed by atoms with Gasteiger partial charge in [0, 0.05) is 11.3 Å². The Balaban J connectivity index is 2.25. The molecule has 1 atom stereocenters. The summed E-state index contributed by atoms with van der Waals surface area (Å²) >= 11 is 0. The van der Waals surface area contributed by atoms with Gasteiger partial charge in [-0.2, -0.15) is 0 Å². The number of aryl methyl sites for hydroxylation is 1. The molecule has 4 N–H and O–H groups in total. The molecule has 2 aromatic carbocycles. The van der Waals surface area contributed by atoms with Gasteiger partial charge >= 0.3 is 5.97 Å². The van der Waals surface area contributed by atoms with E-state index in [1.165, 1.54) is 24.3 Å². The largest absolute Gasteiger partial charge is 0.508 e. The summed E-state index contributed by atoms with van der Waals surface area (Å²) in [5, 5.41) is 31.5. The zero-order valence-corrected chi connectivity index (χ0v) is 11.8. The first-order valence-electron chi connectivity index (χ1n) is 6.51. The highest BCUT2D eigenvalue weighted by molar-refractivity contribution is 5.88. The number of rotatable bonds is 4. The van der Waals surface area contributed by atoms with Crippen molar-refractivity contribution in [3.63, 3.8) is 0 Å². The molecular weight excluding hydrogens is 270 g/mol. The summed E-state index contributed by atoms with van der Waals surface area (Å²) in [5.41, 5.74) is 2.36. The molecule has 0 heterocycles. The SMILES string of the molecule is Cc1cc(C(=O)O)ccc1NC(C)c1cc(O)ccc1O. The Bertz CT molecular complexity index is 682. The number of aromatic carboxylic acids is 1. The molecule has 0 saturated carbocycles. The van der Waals surface area contributed by atoms with Crippen LogP contribution in [0.4, 0.5) is 5.69 Å². The molecule has 0 aliphatic carbocycles. The van der Waals surface area contributed by atoms with E-state index in [2.05, 4.69) is 5.32 Å². The third-order valence-electron chi connectivity index (χ3n) is 3.32. The number of benzene rings is 2. The molecule has 0 aliphatic rings. The number of phenolic OH excluding ortho intramolecular Hbond substituents is 2. The summed E-state index contributed by atoms with van der Waals surface area (Å²) < 4.78 is 0. The second-order valence-electron chi connectivity index (χ2n) is 4.94. The number of hydrogen-bond acceptors (Lipinski definition) is 4. The van der Waals surface area contributed by atoms with E-state index in [0.29, 0.717) is 5.56 Å². The summed E-state index contributed by atoms with van der Waals surface area (Å²) in [6.45, 7) is 3.66. The van der Waals surface area contributed by atoms with Crippen LogP contribution in [0.1, 0.15) is 34.5 Å². The van der Waals surface area contributed by atoms with Crippen molar-refractivity contribution >= 4 is 11.7 Å². The second kappa shape index (κ2) is 5.75. The predicted molar refractivity (Wildman–Crippen MR) is 79.9 cm³/mol. The Morgan fingerprint density at radius 1 is 1.14 bits per heavy atom. The zero-order chi connectivity index (χ0) is 15.6. The fraction of sp³-hybridized carbons (Fsp3) is 0.188. The molecule has 0 radical (unpaired) electrons. The number of phenols is 2. The summed E-state index contributed by atoms with van der Waals surface area (Å²) in [6, 6.07) is 8.89. The highest BCUT2D eigenvalue weighted by atomic mass is 16.4. The third-order valence-corrected chi connectivity index (χ3v) is 3.32. The lowest BCUT2D eigenvalue weighted by Gasteiger charge is -2.19. The van der Waals surface area contributed by atoms with Crippen molar-refractivity contribution in [1.82, 2.24) is 0 Å². The maximum atomic E-state index is 10.9. The van der Waals surface area contributed by atoms with Crippen molar-refractivity contribution < 1.29 is 20.1 Å². The predicted octanol–water partition coefficient (Wildman–Crippen LogP) is 3.28. The lowest BCUT2D eigenvalue weighted by molar-refractivity contribution is 0.0697. The fourth-order valence-electron chi connectivity index (χ4n) is 2.16. The second-order valence-corrected chi connectivity index (χ2v) is 4.94. The molecular formula is C16H17NO4. The van der Waals surface area contributed by atoms with Gasteiger partial charge in [0.25, 0.3) is 0 Å². The lowest BCUT2D eigenvalue weighted by Crippen LogP contribution is -2.08. The van der Waals surface area contributed by atoms with Crippen LogP contribution >= 0.6 is 0 Å². The van der Waals surface area contributed by atoms with E-state index in [1.54, 1.807) is 12.1 Å². The van der Waals surface area contributed by atoms with E-state index in [4.69, 9.17) is 5.11 Å². The number of carbonyl (C=O) groups is 1. The van der Waals surface area contributed by atoms with Crippen LogP contribution in [-0.4, -0.2) is 21.3 Å². The van der Waals surface area contributed by atoms with E-state index in [0.717, 1.165) is 11.3 Å². The molecule has 0 bridgehead atoms. The molecule has 0 saturated heterocycles. The number of aromatic hydroxyl groups is 2. The smallest absolute Gasteiger partial charge is 0.335 e. The Hall–Kier alpha value is -2.69. The molecule has 0 amide bonds. The maximum absolute atomic E-state index is 10.9. The first kappa shape index (κ1) is 14.7. The molecule has 5 heteroatoms. The van der Waals surface area contributed by atoms with Crippen molar-refractivity contribution in [2.24, 2.45) is 0 Å². The van der Waals surface area contributed by atoms with Crippen LogP contribution in [0.3, 0.4) is 0 Å². The van der Waals surface area contributed by atoms with E-state index < -0.39 is 5.97 Å². The van der Waals surface area contributed by atoms with Crippen molar-refractivity contribution in [1.29, 1.82) is 0 Å². The van der Waals surface area contributed by atoms with Crippen LogP contribution in [-0.2, 0) is 0 Å². The molecule has 0 aliphatic heterocycles. The molecule has 0 spiro atoms. The molecule has 1 unspecified atom stereocenters. The monoisotopic (exact) mass is 287 g/mol. The van der Waals surface area contributed by atoms with Crippen LogP contribution in [0.5, 0.6) is 11.5 Å². The summed E-state index contributed by atoms with van der Waals surface area (Å²) in [4.78, 5) is 10.9. The minimum absolute atomic E-state index is 0.0781. The normalized spacial score (nSPS) is 11.9. The Kier molecular flexibility index (Phi) is 4.03.